The van der Waals surface area contributed by atoms with Crippen LogP contribution in [0.15, 0.2) is 12.7 Å². The van der Waals surface area contributed by atoms with E-state index in [2.05, 4.69) is 13.5 Å². The number of hydrogen-bond acceptors (Lipinski definition) is 2. The van der Waals surface area contributed by atoms with Gasteiger partial charge in [0.15, 0.2) is 0 Å². The average Bonchev–Trinajstić information content (AvgIpc) is 1.81. The van der Waals surface area contributed by atoms with Crippen LogP contribution >= 0.6 is 11.8 Å². The highest BCUT2D eigenvalue weighted by molar-refractivity contribution is 8.00. The van der Waals surface area contributed by atoms with E-state index in [1.807, 2.05) is 31.7 Å². The smallest absolute Gasteiger partial charge is 0.0196 e. The summed E-state index contributed by atoms with van der Waals surface area (Å²) in [6, 6.07) is 0. The monoisotopic (exact) mass is 159 g/mol. The lowest BCUT2D eigenvalue weighted by molar-refractivity contribution is 0.591. The summed E-state index contributed by atoms with van der Waals surface area (Å²) in [6.45, 7) is 9.90. The Morgan fingerprint density at radius 1 is 1.70 bits per heavy atom. The molecule has 0 aromatic rings. The summed E-state index contributed by atoms with van der Waals surface area (Å²) in [5.74, 6) is 0.986. The second-order valence-electron chi connectivity index (χ2n) is 3.24. The van der Waals surface area contributed by atoms with E-state index < -0.39 is 0 Å². The summed E-state index contributed by atoms with van der Waals surface area (Å²) in [5, 5.41) is 0.517. The quantitative estimate of drug-likeness (QED) is 0.635. The zero-order chi connectivity index (χ0) is 8.20. The van der Waals surface area contributed by atoms with Gasteiger partial charge in [0.1, 0.15) is 0 Å². The first-order valence-electron chi connectivity index (χ1n) is 3.49. The van der Waals surface area contributed by atoms with E-state index in [0.717, 1.165) is 5.75 Å². The maximum atomic E-state index is 5.78. The Morgan fingerprint density at radius 3 is 2.50 bits per heavy atom. The van der Waals surface area contributed by atoms with Crippen molar-refractivity contribution in [2.45, 2.75) is 31.6 Å². The first-order valence-corrected chi connectivity index (χ1v) is 4.53. The highest BCUT2D eigenvalue weighted by Gasteiger charge is 2.11. The van der Waals surface area contributed by atoms with Gasteiger partial charge in [-0.25, -0.2) is 0 Å². The van der Waals surface area contributed by atoms with Crippen molar-refractivity contribution >= 4 is 11.8 Å². The molecule has 60 valence electrons. The Labute approximate surface area is 68.1 Å². The molecule has 0 aliphatic rings. The first-order chi connectivity index (χ1) is 4.45. The van der Waals surface area contributed by atoms with Gasteiger partial charge >= 0.3 is 0 Å². The molecule has 0 radical (unpaired) electrons. The van der Waals surface area contributed by atoms with E-state index in [0.29, 0.717) is 5.25 Å². The van der Waals surface area contributed by atoms with Crippen LogP contribution in [0, 0.1) is 0 Å². The number of rotatable bonds is 4. The third kappa shape index (κ3) is 6.17. The molecule has 2 N–H and O–H groups in total. The van der Waals surface area contributed by atoms with Gasteiger partial charge in [0, 0.05) is 16.5 Å². The highest BCUT2D eigenvalue weighted by Crippen LogP contribution is 2.15. The molecular weight excluding hydrogens is 142 g/mol. The molecule has 0 aliphatic heterocycles. The summed E-state index contributed by atoms with van der Waals surface area (Å²) in [4.78, 5) is 0. The van der Waals surface area contributed by atoms with Crippen LogP contribution in [0.4, 0.5) is 0 Å². The molecule has 1 atom stereocenters. The third-order valence-corrected chi connectivity index (χ3v) is 2.68. The van der Waals surface area contributed by atoms with Gasteiger partial charge < -0.3 is 5.73 Å². The molecule has 0 aromatic heterocycles. The van der Waals surface area contributed by atoms with Crippen LogP contribution in [0.1, 0.15) is 20.8 Å². The van der Waals surface area contributed by atoms with Crippen molar-refractivity contribution in [1.82, 2.24) is 0 Å². The summed E-state index contributed by atoms with van der Waals surface area (Å²) in [6.07, 6.45) is 1.94. The summed E-state index contributed by atoms with van der Waals surface area (Å²) in [5.41, 5.74) is 5.73. The zero-order valence-electron chi connectivity index (χ0n) is 7.05. The second kappa shape index (κ2) is 4.04. The number of hydrogen-bond donors (Lipinski definition) is 1. The van der Waals surface area contributed by atoms with Crippen LogP contribution in [-0.4, -0.2) is 16.5 Å². The van der Waals surface area contributed by atoms with Crippen LogP contribution in [0.25, 0.3) is 0 Å². The average molecular weight is 159 g/mol. The minimum atomic E-state index is -0.0536. The fourth-order valence-electron chi connectivity index (χ4n) is 0.414. The van der Waals surface area contributed by atoms with Gasteiger partial charge in [0.2, 0.25) is 0 Å². The second-order valence-corrected chi connectivity index (χ2v) is 4.61. The molecule has 0 amide bonds. The maximum absolute atomic E-state index is 5.78. The van der Waals surface area contributed by atoms with Crippen LogP contribution in [0.3, 0.4) is 0 Å². The minimum absolute atomic E-state index is 0.0536. The van der Waals surface area contributed by atoms with E-state index >= 15 is 0 Å². The zero-order valence-corrected chi connectivity index (χ0v) is 7.87. The standard InChI is InChI=1S/C8H17NS/c1-5-7(2)10-6-8(3,4)9/h5,7H,1,6,9H2,2-4H3. The Kier molecular flexibility index (Phi) is 4.06. The molecule has 0 rings (SSSR count). The number of thioether (sulfide) groups is 1. The van der Waals surface area contributed by atoms with Crippen molar-refractivity contribution in [2.75, 3.05) is 5.75 Å². The Hall–Kier alpha value is 0.0500. The van der Waals surface area contributed by atoms with Crippen molar-refractivity contribution in [3.05, 3.63) is 12.7 Å². The molecule has 0 fully saturated rings. The molecule has 0 aliphatic carbocycles. The highest BCUT2D eigenvalue weighted by atomic mass is 32.2. The van der Waals surface area contributed by atoms with E-state index in [-0.39, 0.29) is 5.54 Å². The van der Waals surface area contributed by atoms with Gasteiger partial charge in [-0.05, 0) is 20.8 Å². The molecule has 1 nitrogen and oxygen atoms in total. The van der Waals surface area contributed by atoms with Crippen molar-refractivity contribution in [3.8, 4) is 0 Å². The molecule has 0 bridgehead atoms. The van der Waals surface area contributed by atoms with Crippen LogP contribution in [-0.2, 0) is 0 Å². The van der Waals surface area contributed by atoms with Gasteiger partial charge in [-0.2, -0.15) is 11.8 Å². The maximum Gasteiger partial charge on any atom is 0.0196 e. The van der Waals surface area contributed by atoms with Gasteiger partial charge in [-0.3, -0.25) is 0 Å². The van der Waals surface area contributed by atoms with E-state index in [1.54, 1.807) is 0 Å². The molecule has 10 heavy (non-hydrogen) atoms. The summed E-state index contributed by atoms with van der Waals surface area (Å²) >= 11 is 1.84. The lowest BCUT2D eigenvalue weighted by Gasteiger charge is -2.18. The molecule has 0 saturated carbocycles. The molecule has 0 spiro atoms. The third-order valence-electron chi connectivity index (χ3n) is 1.05. The molecular formula is C8H17NS. The van der Waals surface area contributed by atoms with Crippen molar-refractivity contribution in [2.24, 2.45) is 5.73 Å². The fourth-order valence-corrected chi connectivity index (χ4v) is 1.24. The van der Waals surface area contributed by atoms with E-state index in [1.165, 1.54) is 0 Å². The fraction of sp³-hybridized carbons (Fsp3) is 0.750. The molecule has 0 saturated heterocycles. The van der Waals surface area contributed by atoms with Crippen LogP contribution < -0.4 is 5.73 Å². The van der Waals surface area contributed by atoms with Gasteiger partial charge in [0.05, 0.1) is 0 Å². The SMILES string of the molecule is C=CC(C)SCC(C)(C)N. The number of nitrogens with two attached hydrogens (primary N) is 1. The predicted octanol–water partition coefficient (Wildman–Crippen LogP) is 2.03. The van der Waals surface area contributed by atoms with Gasteiger partial charge in [-0.1, -0.05) is 6.08 Å². The summed E-state index contributed by atoms with van der Waals surface area (Å²) < 4.78 is 0. The Bertz CT molecular complexity index is 104. The minimum Gasteiger partial charge on any atom is -0.325 e. The van der Waals surface area contributed by atoms with Crippen molar-refractivity contribution in [1.29, 1.82) is 0 Å². The van der Waals surface area contributed by atoms with E-state index in [9.17, 15) is 0 Å². The van der Waals surface area contributed by atoms with Crippen molar-refractivity contribution < 1.29 is 0 Å². The molecule has 2 heteroatoms. The van der Waals surface area contributed by atoms with Crippen LogP contribution in [0.2, 0.25) is 0 Å². The first kappa shape index (κ1) is 10.0. The lowest BCUT2D eigenvalue weighted by Crippen LogP contribution is -2.35. The lowest BCUT2D eigenvalue weighted by atomic mass is 10.1. The summed E-state index contributed by atoms with van der Waals surface area (Å²) in [7, 11) is 0. The van der Waals surface area contributed by atoms with Crippen LogP contribution in [0.5, 0.6) is 0 Å². The molecule has 1 unspecified atom stereocenters. The molecule has 0 aromatic carbocycles. The largest absolute Gasteiger partial charge is 0.325 e. The predicted molar refractivity (Wildman–Crippen MR) is 50.4 cm³/mol. The topological polar surface area (TPSA) is 26.0 Å². The van der Waals surface area contributed by atoms with Gasteiger partial charge in [0.25, 0.3) is 0 Å². The molecule has 0 heterocycles. The van der Waals surface area contributed by atoms with Crippen molar-refractivity contribution in [3.63, 3.8) is 0 Å². The Morgan fingerprint density at radius 2 is 2.20 bits per heavy atom. The normalized spacial score (nSPS) is 14.8. The van der Waals surface area contributed by atoms with E-state index in [4.69, 9.17) is 5.73 Å². The van der Waals surface area contributed by atoms with Gasteiger partial charge in [-0.15, -0.1) is 6.58 Å². The Balaban J connectivity index is 3.45.